The van der Waals surface area contributed by atoms with Crippen LogP contribution in [0.3, 0.4) is 0 Å². The second-order valence-corrected chi connectivity index (χ2v) is 3.52. The number of hydrogen-bond acceptors (Lipinski definition) is 5. The van der Waals surface area contributed by atoms with Gasteiger partial charge in [-0.15, -0.1) is 0 Å². The number of aromatic nitrogens is 2. The molecule has 1 atom stereocenters. The molecular formula is C8H12BrN3O2. The minimum absolute atomic E-state index is 0.00450. The van der Waals surface area contributed by atoms with Crippen LogP contribution in [-0.2, 0) is 4.74 Å². The van der Waals surface area contributed by atoms with E-state index in [2.05, 4.69) is 31.2 Å². The Bertz CT molecular complexity index is 285. The van der Waals surface area contributed by atoms with Crippen LogP contribution in [0.4, 0.5) is 5.82 Å². The van der Waals surface area contributed by atoms with E-state index >= 15 is 0 Å². The van der Waals surface area contributed by atoms with Crippen molar-refractivity contribution < 1.29 is 9.84 Å². The minimum atomic E-state index is -0.151. The van der Waals surface area contributed by atoms with Crippen molar-refractivity contribution in [3.05, 3.63) is 17.0 Å². The number of methoxy groups -OCH3 is 1. The van der Waals surface area contributed by atoms with E-state index in [-0.39, 0.29) is 12.6 Å². The first-order valence-electron chi connectivity index (χ1n) is 4.10. The fourth-order valence-corrected chi connectivity index (χ4v) is 1.27. The van der Waals surface area contributed by atoms with Crippen molar-refractivity contribution in [3.8, 4) is 0 Å². The highest BCUT2D eigenvalue weighted by Crippen LogP contribution is 2.10. The molecule has 6 heteroatoms. The van der Waals surface area contributed by atoms with Gasteiger partial charge in [-0.3, -0.25) is 0 Å². The van der Waals surface area contributed by atoms with E-state index in [0.29, 0.717) is 17.0 Å². The molecule has 1 unspecified atom stereocenters. The number of hydrogen-bond donors (Lipinski definition) is 2. The van der Waals surface area contributed by atoms with Gasteiger partial charge in [-0.1, -0.05) is 0 Å². The summed E-state index contributed by atoms with van der Waals surface area (Å²) in [7, 11) is 1.58. The smallest absolute Gasteiger partial charge is 0.130 e. The van der Waals surface area contributed by atoms with Crippen LogP contribution >= 0.6 is 15.9 Å². The van der Waals surface area contributed by atoms with Crippen LogP contribution in [-0.4, -0.2) is 41.4 Å². The summed E-state index contributed by atoms with van der Waals surface area (Å²) in [6.07, 6.45) is 1.44. The molecule has 0 aliphatic heterocycles. The molecule has 1 rings (SSSR count). The van der Waals surface area contributed by atoms with Crippen molar-refractivity contribution in [2.45, 2.75) is 6.04 Å². The first-order chi connectivity index (χ1) is 6.76. The SMILES string of the molecule is COCC(CO)Nc1cc(Br)ncn1. The van der Waals surface area contributed by atoms with Gasteiger partial charge in [0.1, 0.15) is 16.7 Å². The van der Waals surface area contributed by atoms with E-state index in [9.17, 15) is 0 Å². The molecule has 1 aromatic heterocycles. The molecule has 0 fully saturated rings. The van der Waals surface area contributed by atoms with Crippen LogP contribution < -0.4 is 5.32 Å². The maximum Gasteiger partial charge on any atom is 0.130 e. The summed E-state index contributed by atoms with van der Waals surface area (Å²) in [4.78, 5) is 7.88. The highest BCUT2D eigenvalue weighted by atomic mass is 79.9. The summed E-state index contributed by atoms with van der Waals surface area (Å²) in [5.74, 6) is 0.656. The Labute approximate surface area is 90.7 Å². The van der Waals surface area contributed by atoms with Gasteiger partial charge in [0.2, 0.25) is 0 Å². The Balaban J connectivity index is 2.57. The molecule has 5 nitrogen and oxygen atoms in total. The summed E-state index contributed by atoms with van der Waals surface area (Å²) in [6, 6.07) is 1.58. The predicted octanol–water partition coefficient (Wildman–Crippen LogP) is 0.658. The van der Waals surface area contributed by atoms with Crippen LogP contribution in [0.1, 0.15) is 0 Å². The van der Waals surface area contributed by atoms with Crippen LogP contribution in [0.5, 0.6) is 0 Å². The third kappa shape index (κ3) is 3.57. The third-order valence-electron chi connectivity index (χ3n) is 1.57. The van der Waals surface area contributed by atoms with Crippen molar-refractivity contribution in [2.75, 3.05) is 25.6 Å². The highest BCUT2D eigenvalue weighted by molar-refractivity contribution is 9.10. The predicted molar refractivity (Wildman–Crippen MR) is 56.1 cm³/mol. The zero-order chi connectivity index (χ0) is 10.4. The Morgan fingerprint density at radius 1 is 1.64 bits per heavy atom. The summed E-state index contributed by atoms with van der Waals surface area (Å²) < 4.78 is 5.62. The van der Waals surface area contributed by atoms with Gasteiger partial charge >= 0.3 is 0 Å². The molecule has 0 bridgehead atoms. The summed E-state index contributed by atoms with van der Waals surface area (Å²) >= 11 is 3.23. The molecule has 2 N–H and O–H groups in total. The Morgan fingerprint density at radius 2 is 2.43 bits per heavy atom. The van der Waals surface area contributed by atoms with E-state index in [1.807, 2.05) is 0 Å². The van der Waals surface area contributed by atoms with Gasteiger partial charge in [-0.2, -0.15) is 0 Å². The van der Waals surface area contributed by atoms with Crippen LogP contribution in [0, 0.1) is 0 Å². The summed E-state index contributed by atoms with van der Waals surface area (Å²) in [6.45, 7) is 0.424. The molecule has 78 valence electrons. The molecule has 0 aliphatic carbocycles. The van der Waals surface area contributed by atoms with E-state index in [4.69, 9.17) is 9.84 Å². The number of halogens is 1. The fraction of sp³-hybridized carbons (Fsp3) is 0.500. The van der Waals surface area contributed by atoms with Gasteiger partial charge in [0.05, 0.1) is 19.3 Å². The van der Waals surface area contributed by atoms with Crippen LogP contribution in [0.25, 0.3) is 0 Å². The van der Waals surface area contributed by atoms with Gasteiger partial charge in [-0.05, 0) is 15.9 Å². The molecule has 0 radical (unpaired) electrons. The lowest BCUT2D eigenvalue weighted by atomic mass is 10.3. The zero-order valence-electron chi connectivity index (χ0n) is 7.77. The quantitative estimate of drug-likeness (QED) is 0.763. The number of rotatable bonds is 5. The summed E-state index contributed by atoms with van der Waals surface area (Å²) in [5.41, 5.74) is 0. The zero-order valence-corrected chi connectivity index (χ0v) is 9.36. The van der Waals surface area contributed by atoms with E-state index in [1.54, 1.807) is 13.2 Å². The lowest BCUT2D eigenvalue weighted by molar-refractivity contribution is 0.153. The molecule has 0 spiro atoms. The molecule has 14 heavy (non-hydrogen) atoms. The minimum Gasteiger partial charge on any atom is -0.394 e. The van der Waals surface area contributed by atoms with Crippen LogP contribution in [0.2, 0.25) is 0 Å². The number of aliphatic hydroxyl groups excluding tert-OH is 1. The van der Waals surface area contributed by atoms with Gasteiger partial charge in [-0.25, -0.2) is 9.97 Å². The largest absolute Gasteiger partial charge is 0.394 e. The van der Waals surface area contributed by atoms with Gasteiger partial charge in [0.15, 0.2) is 0 Å². The monoisotopic (exact) mass is 261 g/mol. The Kier molecular flexibility index (Phi) is 4.78. The van der Waals surface area contributed by atoms with Crippen molar-refractivity contribution in [2.24, 2.45) is 0 Å². The van der Waals surface area contributed by atoms with Crippen LogP contribution in [0.15, 0.2) is 17.0 Å². The topological polar surface area (TPSA) is 67.3 Å². The number of aliphatic hydroxyl groups is 1. The summed E-state index contributed by atoms with van der Waals surface area (Å²) in [5, 5.41) is 12.0. The lowest BCUT2D eigenvalue weighted by Crippen LogP contribution is -2.29. The lowest BCUT2D eigenvalue weighted by Gasteiger charge is -2.15. The maximum absolute atomic E-state index is 8.99. The molecule has 0 aromatic carbocycles. The number of ether oxygens (including phenoxy) is 1. The van der Waals surface area contributed by atoms with E-state index in [1.165, 1.54) is 6.33 Å². The molecule has 0 amide bonds. The normalized spacial score (nSPS) is 12.5. The van der Waals surface area contributed by atoms with Gasteiger partial charge in [0.25, 0.3) is 0 Å². The highest BCUT2D eigenvalue weighted by Gasteiger charge is 2.07. The number of nitrogens with one attached hydrogen (secondary N) is 1. The molecular weight excluding hydrogens is 250 g/mol. The third-order valence-corrected chi connectivity index (χ3v) is 2.01. The molecule has 1 aromatic rings. The van der Waals surface area contributed by atoms with Crippen molar-refractivity contribution >= 4 is 21.7 Å². The van der Waals surface area contributed by atoms with Gasteiger partial charge in [0, 0.05) is 13.2 Å². The number of nitrogens with zero attached hydrogens (tertiary/aromatic N) is 2. The average molecular weight is 262 g/mol. The molecule has 0 saturated heterocycles. The molecule has 0 aliphatic rings. The average Bonchev–Trinajstić information content (AvgIpc) is 2.17. The second kappa shape index (κ2) is 5.90. The fourth-order valence-electron chi connectivity index (χ4n) is 0.963. The van der Waals surface area contributed by atoms with Crippen molar-refractivity contribution in [1.82, 2.24) is 9.97 Å². The van der Waals surface area contributed by atoms with Gasteiger partial charge < -0.3 is 15.2 Å². The van der Waals surface area contributed by atoms with Crippen molar-refractivity contribution in [3.63, 3.8) is 0 Å². The first kappa shape index (κ1) is 11.4. The standard InChI is InChI=1S/C8H12BrN3O2/c1-14-4-6(3-13)12-8-2-7(9)10-5-11-8/h2,5-6,13H,3-4H2,1H3,(H,10,11,12). The Morgan fingerprint density at radius 3 is 3.00 bits per heavy atom. The first-order valence-corrected chi connectivity index (χ1v) is 4.89. The van der Waals surface area contributed by atoms with E-state index < -0.39 is 0 Å². The number of anilines is 1. The molecule has 1 heterocycles. The van der Waals surface area contributed by atoms with E-state index in [0.717, 1.165) is 0 Å². The molecule has 0 saturated carbocycles. The van der Waals surface area contributed by atoms with Crippen molar-refractivity contribution in [1.29, 1.82) is 0 Å². The maximum atomic E-state index is 8.99. The second-order valence-electron chi connectivity index (χ2n) is 2.71. The Hall–Kier alpha value is -0.720.